The van der Waals surface area contributed by atoms with Crippen molar-refractivity contribution in [3.05, 3.63) is 0 Å². The number of likely N-dealkylation sites (tertiary alicyclic amines) is 1. The Labute approximate surface area is 83.4 Å². The van der Waals surface area contributed by atoms with E-state index in [9.17, 15) is 13.6 Å². The number of alkyl halides is 3. The van der Waals surface area contributed by atoms with Gasteiger partial charge in [0.15, 0.2) is 0 Å². The van der Waals surface area contributed by atoms with Crippen molar-refractivity contribution in [1.29, 1.82) is 0 Å². The van der Waals surface area contributed by atoms with Crippen molar-refractivity contribution in [3.63, 3.8) is 0 Å². The van der Waals surface area contributed by atoms with Gasteiger partial charge in [-0.3, -0.25) is 4.79 Å². The van der Waals surface area contributed by atoms with Crippen molar-refractivity contribution in [2.45, 2.75) is 24.8 Å². The highest BCUT2D eigenvalue weighted by Crippen LogP contribution is 2.41. The molecule has 1 saturated heterocycles. The van der Waals surface area contributed by atoms with Gasteiger partial charge in [-0.2, -0.15) is 8.78 Å². The van der Waals surface area contributed by atoms with E-state index in [4.69, 9.17) is 0 Å². The van der Waals surface area contributed by atoms with E-state index in [1.807, 2.05) is 0 Å². The van der Waals surface area contributed by atoms with Gasteiger partial charge in [-0.1, -0.05) is 15.9 Å². The molecule has 13 heavy (non-hydrogen) atoms. The Morgan fingerprint density at radius 2 is 2.15 bits per heavy atom. The van der Waals surface area contributed by atoms with Crippen LogP contribution in [-0.2, 0) is 4.79 Å². The zero-order valence-electron chi connectivity index (χ0n) is 6.97. The highest BCUT2D eigenvalue weighted by atomic mass is 79.9. The number of nitrogens with zero attached hydrogens (tertiary/aromatic N) is 1. The van der Waals surface area contributed by atoms with Crippen LogP contribution >= 0.6 is 15.9 Å². The molecule has 0 unspecified atom stereocenters. The summed E-state index contributed by atoms with van der Waals surface area (Å²) < 4.78 is 26.4. The molecular weight excluding hydrogens is 244 g/mol. The number of carbonyl (C=O) groups excluding carboxylic acids is 1. The third-order valence-electron chi connectivity index (χ3n) is 2.65. The number of rotatable bonds is 2. The first-order valence-corrected chi connectivity index (χ1v) is 5.44. The summed E-state index contributed by atoms with van der Waals surface area (Å²) in [7, 11) is 0. The monoisotopic (exact) mass is 253 g/mol. The van der Waals surface area contributed by atoms with Crippen LogP contribution in [0.3, 0.4) is 0 Å². The standard InChI is InChI=1S/C8H10BrF2NO/c9-3-5-4-12(6-1-2-6)7(13)8(5,10)11/h5-6H,1-4H2/t5-/m1/s1. The fourth-order valence-corrected chi connectivity index (χ4v) is 2.26. The van der Waals surface area contributed by atoms with Crippen LogP contribution in [-0.4, -0.2) is 34.6 Å². The summed E-state index contributed by atoms with van der Waals surface area (Å²) in [6, 6.07) is 0.0995. The second kappa shape index (κ2) is 2.90. The largest absolute Gasteiger partial charge is 0.334 e. The molecule has 5 heteroatoms. The van der Waals surface area contributed by atoms with E-state index < -0.39 is 17.7 Å². The van der Waals surface area contributed by atoms with E-state index in [0.29, 0.717) is 0 Å². The summed E-state index contributed by atoms with van der Waals surface area (Å²) in [6.07, 6.45) is 1.77. The topological polar surface area (TPSA) is 20.3 Å². The molecule has 1 saturated carbocycles. The van der Waals surface area contributed by atoms with Crippen molar-refractivity contribution in [2.24, 2.45) is 5.92 Å². The van der Waals surface area contributed by atoms with Crippen molar-refractivity contribution >= 4 is 21.8 Å². The van der Waals surface area contributed by atoms with E-state index in [2.05, 4.69) is 15.9 Å². The van der Waals surface area contributed by atoms with Crippen molar-refractivity contribution in [3.8, 4) is 0 Å². The van der Waals surface area contributed by atoms with Crippen LogP contribution in [0.4, 0.5) is 8.78 Å². The minimum Gasteiger partial charge on any atom is -0.334 e. The Balaban J connectivity index is 2.16. The van der Waals surface area contributed by atoms with Gasteiger partial charge in [0.1, 0.15) is 0 Å². The van der Waals surface area contributed by atoms with E-state index in [-0.39, 0.29) is 17.9 Å². The fraction of sp³-hybridized carbons (Fsp3) is 0.875. The second-order valence-electron chi connectivity index (χ2n) is 3.66. The average Bonchev–Trinajstić information content (AvgIpc) is 2.85. The van der Waals surface area contributed by atoms with Crippen LogP contribution in [0.15, 0.2) is 0 Å². The molecular formula is C8H10BrF2NO. The molecule has 0 spiro atoms. The molecule has 1 aliphatic carbocycles. The first kappa shape index (κ1) is 9.37. The summed E-state index contributed by atoms with van der Waals surface area (Å²) in [5.74, 6) is -4.97. The van der Waals surface area contributed by atoms with E-state index in [1.54, 1.807) is 0 Å². The number of hydrogen-bond donors (Lipinski definition) is 0. The fourth-order valence-electron chi connectivity index (χ4n) is 1.65. The highest BCUT2D eigenvalue weighted by molar-refractivity contribution is 9.09. The van der Waals surface area contributed by atoms with Gasteiger partial charge in [-0.25, -0.2) is 0 Å². The summed E-state index contributed by atoms with van der Waals surface area (Å²) in [5, 5.41) is 0.189. The lowest BCUT2D eigenvalue weighted by molar-refractivity contribution is -0.150. The van der Waals surface area contributed by atoms with Gasteiger partial charge in [0.2, 0.25) is 0 Å². The van der Waals surface area contributed by atoms with Gasteiger partial charge in [-0.05, 0) is 12.8 Å². The quantitative estimate of drug-likeness (QED) is 0.686. The molecule has 74 valence electrons. The third kappa shape index (κ3) is 1.37. The summed E-state index contributed by atoms with van der Waals surface area (Å²) in [6.45, 7) is 0.210. The SMILES string of the molecule is O=C1N(C2CC2)C[C@@H](CBr)C1(F)F. The molecule has 1 amide bonds. The van der Waals surface area contributed by atoms with Crippen LogP contribution in [0.25, 0.3) is 0 Å². The molecule has 1 heterocycles. The van der Waals surface area contributed by atoms with Gasteiger partial charge in [0.05, 0.1) is 5.92 Å². The molecule has 1 aliphatic heterocycles. The van der Waals surface area contributed by atoms with Crippen molar-refractivity contribution < 1.29 is 13.6 Å². The molecule has 2 rings (SSSR count). The molecule has 0 bridgehead atoms. The maximum absolute atomic E-state index is 13.2. The molecule has 2 aliphatic rings. The minimum atomic E-state index is -3.15. The molecule has 1 atom stereocenters. The zero-order valence-corrected chi connectivity index (χ0v) is 8.56. The Morgan fingerprint density at radius 3 is 2.54 bits per heavy atom. The van der Waals surface area contributed by atoms with Gasteiger partial charge < -0.3 is 4.90 Å². The third-order valence-corrected chi connectivity index (χ3v) is 3.43. The van der Waals surface area contributed by atoms with E-state index in [0.717, 1.165) is 12.8 Å². The minimum absolute atomic E-state index is 0.0995. The highest BCUT2D eigenvalue weighted by Gasteiger charge is 2.58. The van der Waals surface area contributed by atoms with Crippen LogP contribution in [0.5, 0.6) is 0 Å². The number of amides is 1. The molecule has 0 N–H and O–H groups in total. The van der Waals surface area contributed by atoms with Crippen molar-refractivity contribution in [1.82, 2.24) is 4.90 Å². The maximum atomic E-state index is 13.2. The van der Waals surface area contributed by atoms with Crippen LogP contribution in [0, 0.1) is 5.92 Å². The second-order valence-corrected chi connectivity index (χ2v) is 4.31. The van der Waals surface area contributed by atoms with Crippen molar-refractivity contribution in [2.75, 3.05) is 11.9 Å². The predicted molar refractivity (Wildman–Crippen MR) is 47.0 cm³/mol. The van der Waals surface area contributed by atoms with E-state index >= 15 is 0 Å². The average molecular weight is 254 g/mol. The van der Waals surface area contributed by atoms with Crippen LogP contribution in [0.2, 0.25) is 0 Å². The lowest BCUT2D eigenvalue weighted by Gasteiger charge is -2.13. The van der Waals surface area contributed by atoms with E-state index in [1.165, 1.54) is 4.90 Å². The van der Waals surface area contributed by atoms with Gasteiger partial charge >= 0.3 is 5.92 Å². The molecule has 0 aromatic rings. The van der Waals surface area contributed by atoms with Gasteiger partial charge in [0, 0.05) is 17.9 Å². The Hall–Kier alpha value is -0.190. The summed E-state index contributed by atoms with van der Waals surface area (Å²) in [4.78, 5) is 12.6. The first-order valence-electron chi connectivity index (χ1n) is 4.32. The van der Waals surface area contributed by atoms with Crippen LogP contribution < -0.4 is 0 Å². The normalized spacial score (nSPS) is 32.7. The lowest BCUT2D eigenvalue weighted by Crippen LogP contribution is -2.36. The first-order chi connectivity index (χ1) is 6.07. The summed E-state index contributed by atoms with van der Waals surface area (Å²) in [5.41, 5.74) is 0. The summed E-state index contributed by atoms with van der Waals surface area (Å²) >= 11 is 3.02. The Bertz CT molecular complexity index is 242. The molecule has 2 fully saturated rings. The number of halogens is 3. The maximum Gasteiger partial charge on any atom is 0.330 e. The molecule has 0 aromatic heterocycles. The Kier molecular flexibility index (Phi) is 2.09. The van der Waals surface area contributed by atoms with Gasteiger partial charge in [-0.15, -0.1) is 0 Å². The predicted octanol–water partition coefficient (Wildman–Crippen LogP) is 1.64. The molecule has 0 aromatic carbocycles. The smallest absolute Gasteiger partial charge is 0.330 e. The number of hydrogen-bond acceptors (Lipinski definition) is 1. The number of carbonyl (C=O) groups is 1. The lowest BCUT2D eigenvalue weighted by atomic mass is 10.1. The molecule has 0 radical (unpaired) electrons. The Morgan fingerprint density at radius 1 is 1.54 bits per heavy atom. The van der Waals surface area contributed by atoms with Crippen LogP contribution in [0.1, 0.15) is 12.8 Å². The van der Waals surface area contributed by atoms with Gasteiger partial charge in [0.25, 0.3) is 5.91 Å². The zero-order chi connectivity index (χ0) is 9.64. The molecule has 2 nitrogen and oxygen atoms in total.